The summed E-state index contributed by atoms with van der Waals surface area (Å²) >= 11 is 0.657. The Morgan fingerprint density at radius 2 is 1.78 bits per heavy atom. The minimum Gasteiger partial charge on any atom is -0.481 e. The van der Waals surface area contributed by atoms with Crippen molar-refractivity contribution >= 4 is 34.1 Å². The third-order valence-electron chi connectivity index (χ3n) is 9.01. The zero-order chi connectivity index (χ0) is 26.0. The van der Waals surface area contributed by atoms with Crippen LogP contribution in [0.1, 0.15) is 66.1 Å². The van der Waals surface area contributed by atoms with Crippen LogP contribution in [-0.4, -0.2) is 38.0 Å². The summed E-state index contributed by atoms with van der Waals surface area (Å²) in [6, 6.07) is 7.89. The van der Waals surface area contributed by atoms with Gasteiger partial charge in [-0.2, -0.15) is 13.2 Å². The number of nitrogens with zero attached hydrogens (tertiary/aromatic N) is 3. The van der Waals surface area contributed by atoms with E-state index in [2.05, 4.69) is 4.98 Å². The van der Waals surface area contributed by atoms with Gasteiger partial charge < -0.3 is 14.6 Å². The molecule has 196 valence electrons. The number of carboxylic acid groups (broad SMARTS) is 1. The lowest BCUT2D eigenvalue weighted by Crippen LogP contribution is -2.48. The molecule has 1 N–H and O–H groups in total. The molecule has 4 aliphatic rings. The number of amides is 1. The van der Waals surface area contributed by atoms with Gasteiger partial charge in [-0.15, -0.1) is 11.3 Å². The van der Waals surface area contributed by atoms with Crippen LogP contribution in [0.2, 0.25) is 0 Å². The fourth-order valence-electron chi connectivity index (χ4n) is 6.74. The minimum absolute atomic E-state index is 0.0873. The number of fused-ring (bicyclic) bond motifs is 6. The van der Waals surface area contributed by atoms with Gasteiger partial charge in [0.25, 0.3) is 0 Å². The molecule has 6 nitrogen and oxygen atoms in total. The van der Waals surface area contributed by atoms with Crippen LogP contribution >= 0.6 is 11.3 Å². The molecule has 1 amide bonds. The van der Waals surface area contributed by atoms with Crippen LogP contribution < -0.4 is 0 Å². The summed E-state index contributed by atoms with van der Waals surface area (Å²) in [6.07, 6.45) is 2.21. The Hall–Kier alpha value is -2.88. The fourth-order valence-corrected chi connectivity index (χ4v) is 7.51. The Balaban J connectivity index is 1.24. The number of para-hydroxylation sites is 1. The van der Waals surface area contributed by atoms with Crippen LogP contribution in [-0.2, 0) is 35.3 Å². The van der Waals surface area contributed by atoms with Gasteiger partial charge in [-0.1, -0.05) is 18.2 Å². The summed E-state index contributed by atoms with van der Waals surface area (Å²) < 4.78 is 41.4. The van der Waals surface area contributed by atoms with Gasteiger partial charge in [0.1, 0.15) is 0 Å². The van der Waals surface area contributed by atoms with Gasteiger partial charge in [0.15, 0.2) is 5.01 Å². The number of aliphatic carboxylic acids is 1. The third kappa shape index (κ3) is 4.13. The van der Waals surface area contributed by atoms with E-state index in [1.54, 1.807) is 0 Å². The van der Waals surface area contributed by atoms with Crippen LogP contribution in [0.4, 0.5) is 13.2 Å². The number of alkyl halides is 3. The topological polar surface area (TPSA) is 75.4 Å². The first-order valence-corrected chi connectivity index (χ1v) is 13.5. The van der Waals surface area contributed by atoms with E-state index in [-0.39, 0.29) is 17.9 Å². The van der Waals surface area contributed by atoms with Gasteiger partial charge in [-0.3, -0.25) is 9.59 Å². The van der Waals surface area contributed by atoms with Gasteiger partial charge in [-0.25, -0.2) is 4.98 Å². The second-order valence-electron chi connectivity index (χ2n) is 11.0. The van der Waals surface area contributed by atoms with E-state index in [0.29, 0.717) is 61.4 Å². The quantitative estimate of drug-likeness (QED) is 0.447. The van der Waals surface area contributed by atoms with Gasteiger partial charge >= 0.3 is 12.1 Å². The summed E-state index contributed by atoms with van der Waals surface area (Å²) in [5.41, 5.74) is 2.36. The van der Waals surface area contributed by atoms with Crippen molar-refractivity contribution < 1.29 is 27.9 Å². The molecule has 3 fully saturated rings. The first-order chi connectivity index (χ1) is 17.6. The Bertz CT molecular complexity index is 1370. The number of hydrogen-bond acceptors (Lipinski definition) is 4. The summed E-state index contributed by atoms with van der Waals surface area (Å²) in [6.45, 7) is 1.30. The second-order valence-corrected chi connectivity index (χ2v) is 12.1. The predicted octanol–water partition coefficient (Wildman–Crippen LogP) is 5.86. The molecular formula is C27H28F3N3O3S. The molecule has 0 radical (unpaired) electrons. The van der Waals surface area contributed by atoms with Gasteiger partial charge in [-0.05, 0) is 62.0 Å². The molecule has 2 aromatic heterocycles. The number of carbonyl (C=O) groups is 2. The van der Waals surface area contributed by atoms with Gasteiger partial charge in [0.05, 0.1) is 18.5 Å². The average Bonchev–Trinajstić information content (AvgIpc) is 3.48. The summed E-state index contributed by atoms with van der Waals surface area (Å²) in [5.74, 6) is -0.615. The Kier molecular flexibility index (Phi) is 5.67. The van der Waals surface area contributed by atoms with E-state index >= 15 is 0 Å². The maximum absolute atomic E-state index is 13.5. The van der Waals surface area contributed by atoms with Crippen molar-refractivity contribution in [1.82, 2.24) is 14.5 Å². The van der Waals surface area contributed by atoms with E-state index < -0.39 is 22.6 Å². The zero-order valence-electron chi connectivity index (χ0n) is 20.3. The lowest BCUT2D eigenvalue weighted by molar-refractivity contribution is -0.160. The Labute approximate surface area is 216 Å². The van der Waals surface area contributed by atoms with E-state index in [0.717, 1.165) is 41.4 Å². The molecule has 1 aliphatic heterocycles. The second kappa shape index (κ2) is 8.58. The van der Waals surface area contributed by atoms with Crippen molar-refractivity contribution in [2.24, 2.45) is 10.8 Å². The number of hydrogen-bond donors (Lipinski definition) is 1. The number of rotatable bonds is 5. The number of benzene rings is 1. The lowest BCUT2D eigenvalue weighted by Gasteiger charge is -2.51. The van der Waals surface area contributed by atoms with Crippen LogP contribution in [0, 0.1) is 10.8 Å². The van der Waals surface area contributed by atoms with Crippen molar-refractivity contribution in [1.29, 1.82) is 0 Å². The molecule has 7 rings (SSSR count). The summed E-state index contributed by atoms with van der Waals surface area (Å²) in [5, 5.41) is 9.90. The molecule has 2 bridgehead atoms. The third-order valence-corrected chi connectivity index (χ3v) is 10.0. The van der Waals surface area contributed by atoms with Crippen molar-refractivity contribution in [3.8, 4) is 0 Å². The molecule has 3 aromatic rings. The van der Waals surface area contributed by atoms with Crippen molar-refractivity contribution in [3.05, 3.63) is 51.6 Å². The monoisotopic (exact) mass is 531 g/mol. The van der Waals surface area contributed by atoms with E-state index in [4.69, 9.17) is 0 Å². The van der Waals surface area contributed by atoms with Crippen LogP contribution in [0.3, 0.4) is 0 Å². The molecule has 1 aromatic carbocycles. The first-order valence-electron chi connectivity index (χ1n) is 12.7. The highest BCUT2D eigenvalue weighted by molar-refractivity contribution is 7.11. The predicted molar refractivity (Wildman–Crippen MR) is 132 cm³/mol. The van der Waals surface area contributed by atoms with Crippen molar-refractivity contribution in [2.45, 2.75) is 70.6 Å². The molecular weight excluding hydrogens is 503 g/mol. The van der Waals surface area contributed by atoms with Crippen LogP contribution in [0.25, 0.3) is 10.9 Å². The highest BCUT2D eigenvalue weighted by Gasteiger charge is 2.53. The normalized spacial score (nSPS) is 25.4. The number of carbonyl (C=O) groups excluding carboxylic acids is 1. The van der Waals surface area contributed by atoms with E-state index in [1.807, 2.05) is 33.7 Å². The number of thiazole rings is 1. The maximum Gasteiger partial charge on any atom is 0.443 e. The molecule has 3 saturated carbocycles. The van der Waals surface area contributed by atoms with Crippen LogP contribution in [0.5, 0.6) is 0 Å². The highest BCUT2D eigenvalue weighted by Crippen LogP contribution is 2.58. The number of aromatic nitrogens is 2. The molecule has 0 atom stereocenters. The molecule has 3 heterocycles. The van der Waals surface area contributed by atoms with E-state index in [1.165, 1.54) is 6.20 Å². The molecule has 0 saturated heterocycles. The van der Waals surface area contributed by atoms with Crippen molar-refractivity contribution in [3.63, 3.8) is 0 Å². The Morgan fingerprint density at radius 3 is 2.43 bits per heavy atom. The zero-order valence-corrected chi connectivity index (χ0v) is 21.1. The molecule has 0 spiro atoms. The van der Waals surface area contributed by atoms with Gasteiger partial charge in [0, 0.05) is 40.6 Å². The molecule has 37 heavy (non-hydrogen) atoms. The van der Waals surface area contributed by atoms with Crippen molar-refractivity contribution in [2.75, 3.05) is 6.54 Å². The first kappa shape index (κ1) is 24.5. The summed E-state index contributed by atoms with van der Waals surface area (Å²) in [4.78, 5) is 31.3. The average molecular weight is 532 g/mol. The smallest absolute Gasteiger partial charge is 0.443 e. The number of halogens is 3. The van der Waals surface area contributed by atoms with Crippen LogP contribution in [0.15, 0.2) is 30.5 Å². The molecule has 10 heteroatoms. The molecule has 0 unspecified atom stereocenters. The fraction of sp³-hybridized carbons (Fsp3) is 0.519. The maximum atomic E-state index is 13.5. The molecule has 3 aliphatic carbocycles. The summed E-state index contributed by atoms with van der Waals surface area (Å²) in [7, 11) is 0. The highest BCUT2D eigenvalue weighted by atomic mass is 32.1. The number of carboxylic acids is 1. The SMILES string of the molecule is O=C(CC12CCC(C(=O)O)(CC1)CC2)N1CCc2c(n(Cc3cnc(C(F)(F)F)s3)c3ccccc23)C1. The largest absolute Gasteiger partial charge is 0.481 e. The van der Waals surface area contributed by atoms with Gasteiger partial charge in [0.2, 0.25) is 5.91 Å². The standard InChI is InChI=1S/C27H28F3N3O3S/c28-27(29,30)23-31-14-17(37-23)15-33-20-4-2-1-3-18(20)19-5-12-32(16-21(19)33)22(34)13-25-6-9-26(10-7-25,11-8-25)24(35)36/h1-4,14H,5-13,15-16H2,(H,35,36). The van der Waals surface area contributed by atoms with E-state index in [9.17, 15) is 27.9 Å². The Morgan fingerprint density at radius 1 is 1.08 bits per heavy atom. The minimum atomic E-state index is -4.47. The lowest BCUT2D eigenvalue weighted by atomic mass is 9.53.